The summed E-state index contributed by atoms with van der Waals surface area (Å²) in [6.45, 7) is 8.43. The Morgan fingerprint density at radius 2 is 1.61 bits per heavy atom. The molecule has 0 radical (unpaired) electrons. The Bertz CT molecular complexity index is 316. The maximum absolute atomic E-state index is 12.3. The fourth-order valence-corrected chi connectivity index (χ4v) is 21.0. The average molecular weight is 434 g/mol. The van der Waals surface area contributed by atoms with Crippen molar-refractivity contribution in [2.24, 2.45) is 0 Å². The summed E-state index contributed by atoms with van der Waals surface area (Å²) in [6, 6.07) is 0. The Labute approximate surface area is 147 Å². The quantitative estimate of drug-likeness (QED) is 0.445. The molecule has 136 valence electrons. The van der Waals surface area contributed by atoms with Crippen LogP contribution in [0.4, 0.5) is 4.79 Å². The van der Waals surface area contributed by atoms with Gasteiger partial charge >= 0.3 is 147 Å². The number of ether oxygens (including phenoxy) is 2. The molecule has 1 aliphatic heterocycles. The summed E-state index contributed by atoms with van der Waals surface area (Å²) < 4.78 is 15.5. The molecule has 1 aliphatic rings. The van der Waals surface area contributed by atoms with Crippen molar-refractivity contribution in [2.45, 2.75) is 83.3 Å². The third-order valence-electron chi connectivity index (χ3n) is 5.12. The van der Waals surface area contributed by atoms with Gasteiger partial charge in [0.1, 0.15) is 0 Å². The second-order valence-corrected chi connectivity index (χ2v) is 20.4. The molecule has 0 aromatic heterocycles. The molecule has 1 saturated heterocycles. The van der Waals surface area contributed by atoms with E-state index in [9.17, 15) is 4.79 Å². The van der Waals surface area contributed by atoms with E-state index < -0.39 is 18.4 Å². The molecule has 0 spiro atoms. The van der Waals surface area contributed by atoms with Crippen LogP contribution in [0.25, 0.3) is 0 Å². The Kier molecular flexibility index (Phi) is 10.6. The monoisotopic (exact) mass is 435 g/mol. The van der Waals surface area contributed by atoms with E-state index in [2.05, 4.69) is 20.8 Å². The molecule has 5 heteroatoms. The van der Waals surface area contributed by atoms with Crippen molar-refractivity contribution in [1.82, 2.24) is 4.90 Å². The first-order valence-corrected chi connectivity index (χ1v) is 17.3. The van der Waals surface area contributed by atoms with Gasteiger partial charge in [-0.15, -0.1) is 0 Å². The number of hydrogen-bond acceptors (Lipinski definition) is 3. The van der Waals surface area contributed by atoms with E-state index in [0.29, 0.717) is 0 Å². The molecule has 1 heterocycles. The Hall–Kier alpha value is 0.0287. The molecule has 1 atom stereocenters. The van der Waals surface area contributed by atoms with Crippen molar-refractivity contribution in [2.75, 3.05) is 20.3 Å². The predicted molar refractivity (Wildman–Crippen MR) is 98.4 cm³/mol. The standard InChI is InChI=1S/C6H10NO3.3C4H9.Sn/c1-9-6(8)7-3-2-4-10-5-7;3*1-3-4-2;/h5H,2-4H2,1H3;3*1,3-4H2,2H3;. The van der Waals surface area contributed by atoms with Crippen molar-refractivity contribution in [3.63, 3.8) is 0 Å². The van der Waals surface area contributed by atoms with Crippen LogP contribution in [0.3, 0.4) is 0 Å². The minimum absolute atomic E-state index is 0.0927. The number of nitrogens with zero attached hydrogens (tertiary/aromatic N) is 1. The summed E-state index contributed by atoms with van der Waals surface area (Å²) in [4.78, 5) is 14.2. The van der Waals surface area contributed by atoms with Crippen LogP contribution in [0.15, 0.2) is 0 Å². The molecule has 1 rings (SSSR count). The summed E-state index contributed by atoms with van der Waals surface area (Å²) in [5, 5.41) is 0. The van der Waals surface area contributed by atoms with Gasteiger partial charge in [0.25, 0.3) is 0 Å². The molecule has 1 unspecified atom stereocenters. The molecule has 0 aliphatic carbocycles. The van der Waals surface area contributed by atoms with E-state index in [-0.39, 0.29) is 10.3 Å². The van der Waals surface area contributed by atoms with Crippen LogP contribution < -0.4 is 0 Å². The van der Waals surface area contributed by atoms with Gasteiger partial charge in [-0.05, 0) is 0 Å². The van der Waals surface area contributed by atoms with E-state index in [4.69, 9.17) is 9.47 Å². The fraction of sp³-hybridized carbons (Fsp3) is 0.944. The van der Waals surface area contributed by atoms with Crippen molar-refractivity contribution >= 4 is 24.5 Å². The number of rotatable bonds is 10. The van der Waals surface area contributed by atoms with Crippen molar-refractivity contribution < 1.29 is 14.3 Å². The molecule has 4 nitrogen and oxygen atoms in total. The van der Waals surface area contributed by atoms with Gasteiger partial charge in [-0.2, -0.15) is 0 Å². The Balaban J connectivity index is 3.05. The summed E-state index contributed by atoms with van der Waals surface area (Å²) in [7, 11) is 1.50. The number of hydrogen-bond donors (Lipinski definition) is 0. The molecule has 0 bridgehead atoms. The van der Waals surface area contributed by atoms with Gasteiger partial charge in [0.05, 0.1) is 0 Å². The van der Waals surface area contributed by atoms with Gasteiger partial charge in [-0.1, -0.05) is 0 Å². The molecular weight excluding hydrogens is 397 g/mol. The molecule has 0 aromatic carbocycles. The van der Waals surface area contributed by atoms with Gasteiger partial charge in [-0.3, -0.25) is 0 Å². The van der Waals surface area contributed by atoms with E-state index >= 15 is 0 Å². The van der Waals surface area contributed by atoms with Crippen LogP contribution in [0.5, 0.6) is 0 Å². The molecular formula is C18H37NO3Sn. The van der Waals surface area contributed by atoms with Crippen molar-refractivity contribution in [3.8, 4) is 0 Å². The zero-order chi connectivity index (χ0) is 17.1. The first-order chi connectivity index (χ1) is 11.1. The number of carbonyl (C=O) groups excluding carboxylic acids is 1. The number of carbonyl (C=O) groups is 1. The van der Waals surface area contributed by atoms with Crippen LogP contribution >= 0.6 is 0 Å². The van der Waals surface area contributed by atoms with E-state index in [0.717, 1.165) is 19.6 Å². The first-order valence-electron chi connectivity index (χ1n) is 9.61. The van der Waals surface area contributed by atoms with Crippen molar-refractivity contribution in [3.05, 3.63) is 0 Å². The SMILES string of the molecule is CCC[CH2][Sn]([CH2]CCC)([CH2]CCC)[CH]1OCCCN1C(=O)OC. The number of unbranched alkanes of at least 4 members (excludes halogenated alkanes) is 3. The normalized spacial score (nSPS) is 19.0. The molecule has 0 N–H and O–H groups in total. The van der Waals surface area contributed by atoms with Gasteiger partial charge in [0.2, 0.25) is 0 Å². The van der Waals surface area contributed by atoms with E-state index in [1.54, 1.807) is 0 Å². The zero-order valence-electron chi connectivity index (χ0n) is 15.7. The van der Waals surface area contributed by atoms with Crippen LogP contribution in [0, 0.1) is 0 Å². The topological polar surface area (TPSA) is 38.8 Å². The van der Waals surface area contributed by atoms with Crippen LogP contribution in [0.1, 0.15) is 65.7 Å². The molecule has 23 heavy (non-hydrogen) atoms. The molecule has 0 saturated carbocycles. The van der Waals surface area contributed by atoms with Gasteiger partial charge < -0.3 is 0 Å². The van der Waals surface area contributed by atoms with Crippen LogP contribution in [-0.2, 0) is 9.47 Å². The second kappa shape index (κ2) is 11.6. The Morgan fingerprint density at radius 1 is 1.09 bits per heavy atom. The minimum atomic E-state index is -2.61. The average Bonchev–Trinajstić information content (AvgIpc) is 2.61. The van der Waals surface area contributed by atoms with Crippen molar-refractivity contribution in [1.29, 1.82) is 0 Å². The second-order valence-electron chi connectivity index (χ2n) is 6.91. The molecule has 0 aromatic rings. The van der Waals surface area contributed by atoms with E-state index in [1.807, 2.05) is 4.90 Å². The maximum atomic E-state index is 12.3. The third kappa shape index (κ3) is 6.11. The zero-order valence-corrected chi connectivity index (χ0v) is 18.6. The number of methoxy groups -OCH3 is 1. The summed E-state index contributed by atoms with van der Waals surface area (Å²) in [5.41, 5.74) is 0. The first kappa shape index (κ1) is 21.1. The molecule has 1 fully saturated rings. The third-order valence-corrected chi connectivity index (χ3v) is 21.0. The van der Waals surface area contributed by atoms with Crippen LogP contribution in [0.2, 0.25) is 13.3 Å². The summed E-state index contributed by atoms with van der Waals surface area (Å²) >= 11 is -2.61. The van der Waals surface area contributed by atoms with Gasteiger partial charge in [-0.25, -0.2) is 0 Å². The number of amides is 1. The summed E-state index contributed by atoms with van der Waals surface area (Å²) in [6.07, 6.45) is 8.34. The molecule has 1 amide bonds. The van der Waals surface area contributed by atoms with Crippen LogP contribution in [-0.4, -0.2) is 53.9 Å². The summed E-state index contributed by atoms with van der Waals surface area (Å²) in [5.74, 6) is 0. The fourth-order valence-electron chi connectivity index (χ4n) is 3.78. The van der Waals surface area contributed by atoms with E-state index in [1.165, 1.54) is 58.9 Å². The van der Waals surface area contributed by atoms with Gasteiger partial charge in [0.15, 0.2) is 0 Å². The Morgan fingerprint density at radius 3 is 2.04 bits per heavy atom. The predicted octanol–water partition coefficient (Wildman–Crippen LogP) is 5.19. The van der Waals surface area contributed by atoms with Gasteiger partial charge in [0, 0.05) is 0 Å².